The molecule has 1 aromatic carbocycles. The van der Waals surface area contributed by atoms with Gasteiger partial charge in [0.2, 0.25) is 11.8 Å². The van der Waals surface area contributed by atoms with Crippen molar-refractivity contribution >= 4 is 41.6 Å². The maximum atomic E-state index is 12.3. The number of carboxylic acids is 1. The first-order valence-corrected chi connectivity index (χ1v) is 8.52. The van der Waals surface area contributed by atoms with Crippen molar-refractivity contribution in [2.75, 3.05) is 30.3 Å². The lowest BCUT2D eigenvalue weighted by Crippen LogP contribution is -2.37. The van der Waals surface area contributed by atoms with Crippen LogP contribution in [0.4, 0.5) is 11.4 Å². The first kappa shape index (κ1) is 20.2. The van der Waals surface area contributed by atoms with Crippen LogP contribution in [0.2, 0.25) is 0 Å². The quantitative estimate of drug-likeness (QED) is 0.726. The van der Waals surface area contributed by atoms with E-state index in [4.69, 9.17) is 0 Å². The van der Waals surface area contributed by atoms with Crippen molar-refractivity contribution in [2.24, 2.45) is 11.3 Å². The zero-order chi connectivity index (χ0) is 18.0. The molecule has 0 bridgehead atoms. The smallest absolute Gasteiger partial charge is 0.311 e. The van der Waals surface area contributed by atoms with E-state index < -0.39 is 11.4 Å². The largest absolute Gasteiger partial charge is 0.481 e. The Morgan fingerprint density at radius 1 is 1.19 bits per heavy atom. The minimum Gasteiger partial charge on any atom is -0.481 e. The Bertz CT molecular complexity index is 694. The Kier molecular flexibility index (Phi) is 6.26. The van der Waals surface area contributed by atoms with Crippen LogP contribution in [0.3, 0.4) is 0 Å². The number of carboxylic acid groups (broad SMARTS) is 1. The number of nitrogens with zero attached hydrogens (tertiary/aromatic N) is 1. The highest BCUT2D eigenvalue weighted by atomic mass is 35.5. The number of halogens is 1. The van der Waals surface area contributed by atoms with E-state index in [0.29, 0.717) is 30.9 Å². The van der Waals surface area contributed by atoms with Crippen LogP contribution in [0.15, 0.2) is 24.3 Å². The molecule has 0 spiro atoms. The molecule has 3 N–H and O–H groups in total. The number of carbonyl (C=O) groups excluding carboxylic acids is 2. The van der Waals surface area contributed by atoms with Crippen molar-refractivity contribution in [3.05, 3.63) is 24.3 Å². The van der Waals surface area contributed by atoms with E-state index in [0.717, 1.165) is 12.8 Å². The summed E-state index contributed by atoms with van der Waals surface area (Å²) in [6.07, 6.45) is 2.59. The van der Waals surface area contributed by atoms with Crippen LogP contribution in [0.25, 0.3) is 0 Å². The second-order valence-corrected chi connectivity index (χ2v) is 7.03. The molecule has 2 fully saturated rings. The standard InChI is InChI=1S/C18H23N3O4.ClH/c1-12(22)19-14-4-6-15(7-5-14)20-16(23)10-21-9-13-3-2-8-18(13,11-21)17(24)25;/h4-7,13H,2-3,8-11H2,1H3,(H,19,22)(H,20,23)(H,24,25);1H/t13-,18+;/m0./s1. The fourth-order valence-electron chi connectivity index (χ4n) is 4.11. The second-order valence-electron chi connectivity index (χ2n) is 7.03. The van der Waals surface area contributed by atoms with Crippen LogP contribution in [-0.4, -0.2) is 47.4 Å². The number of likely N-dealkylation sites (tertiary alicyclic amines) is 1. The van der Waals surface area contributed by atoms with Crippen molar-refractivity contribution in [2.45, 2.75) is 26.2 Å². The molecule has 2 atom stereocenters. The Labute approximate surface area is 158 Å². The second kappa shape index (κ2) is 8.05. The van der Waals surface area contributed by atoms with E-state index in [1.165, 1.54) is 6.92 Å². The van der Waals surface area contributed by atoms with Crippen LogP contribution in [-0.2, 0) is 14.4 Å². The van der Waals surface area contributed by atoms with Crippen molar-refractivity contribution < 1.29 is 19.5 Å². The van der Waals surface area contributed by atoms with Crippen molar-refractivity contribution in [3.8, 4) is 0 Å². The summed E-state index contributed by atoms with van der Waals surface area (Å²) in [6, 6.07) is 6.88. The summed E-state index contributed by atoms with van der Waals surface area (Å²) in [4.78, 5) is 36.9. The van der Waals surface area contributed by atoms with Crippen LogP contribution in [0, 0.1) is 11.3 Å². The Morgan fingerprint density at radius 3 is 2.35 bits per heavy atom. The molecule has 1 aliphatic heterocycles. The Morgan fingerprint density at radius 2 is 1.81 bits per heavy atom. The number of rotatable bonds is 5. The van der Waals surface area contributed by atoms with Gasteiger partial charge < -0.3 is 15.7 Å². The first-order valence-electron chi connectivity index (χ1n) is 8.52. The first-order chi connectivity index (χ1) is 11.9. The monoisotopic (exact) mass is 381 g/mol. The van der Waals surface area contributed by atoms with E-state index in [1.807, 2.05) is 4.90 Å². The molecule has 7 nitrogen and oxygen atoms in total. The van der Waals surface area contributed by atoms with Gasteiger partial charge in [-0.2, -0.15) is 0 Å². The summed E-state index contributed by atoms with van der Waals surface area (Å²) in [6.45, 7) is 2.74. The van der Waals surface area contributed by atoms with Gasteiger partial charge in [-0.3, -0.25) is 19.3 Å². The van der Waals surface area contributed by atoms with E-state index in [9.17, 15) is 19.5 Å². The van der Waals surface area contributed by atoms with Gasteiger partial charge in [-0.25, -0.2) is 0 Å². The number of benzene rings is 1. The number of hydrogen-bond acceptors (Lipinski definition) is 4. The normalized spacial score (nSPS) is 24.4. The zero-order valence-electron chi connectivity index (χ0n) is 14.7. The summed E-state index contributed by atoms with van der Waals surface area (Å²) in [5, 5.41) is 15.1. The zero-order valence-corrected chi connectivity index (χ0v) is 15.5. The average molecular weight is 382 g/mol. The van der Waals surface area contributed by atoms with Gasteiger partial charge in [-0.1, -0.05) is 6.42 Å². The SMILES string of the molecule is CC(=O)Nc1ccc(NC(=O)CN2C[C@@H]3CCC[C@@]3(C(=O)O)C2)cc1.Cl. The number of amides is 2. The molecular weight excluding hydrogens is 358 g/mol. The van der Waals surface area contributed by atoms with Gasteiger partial charge >= 0.3 is 5.97 Å². The molecule has 1 heterocycles. The highest BCUT2D eigenvalue weighted by molar-refractivity contribution is 5.93. The van der Waals surface area contributed by atoms with Gasteiger partial charge in [-0.05, 0) is 43.0 Å². The summed E-state index contributed by atoms with van der Waals surface area (Å²) >= 11 is 0. The van der Waals surface area contributed by atoms with E-state index in [-0.39, 0.29) is 36.7 Å². The van der Waals surface area contributed by atoms with Gasteiger partial charge in [0.1, 0.15) is 0 Å². The lowest BCUT2D eigenvalue weighted by molar-refractivity contribution is -0.149. The predicted octanol–water partition coefficient (Wildman–Crippen LogP) is 2.19. The highest BCUT2D eigenvalue weighted by Crippen LogP contribution is 2.48. The summed E-state index contributed by atoms with van der Waals surface area (Å²) in [5.41, 5.74) is 0.646. The molecule has 1 saturated carbocycles. The highest BCUT2D eigenvalue weighted by Gasteiger charge is 2.54. The third-order valence-corrected chi connectivity index (χ3v) is 5.22. The molecule has 0 radical (unpaired) electrons. The molecular formula is C18H24ClN3O4. The fraction of sp³-hybridized carbons (Fsp3) is 0.500. The Hall–Kier alpha value is -2.12. The molecule has 3 rings (SSSR count). The van der Waals surface area contributed by atoms with Gasteiger partial charge in [0.25, 0.3) is 0 Å². The van der Waals surface area contributed by atoms with Crippen molar-refractivity contribution in [1.29, 1.82) is 0 Å². The molecule has 26 heavy (non-hydrogen) atoms. The molecule has 0 aromatic heterocycles. The summed E-state index contributed by atoms with van der Waals surface area (Å²) < 4.78 is 0. The number of hydrogen-bond donors (Lipinski definition) is 3. The Balaban J connectivity index is 0.00000243. The molecule has 142 valence electrons. The molecule has 2 amide bonds. The minimum atomic E-state index is -0.730. The third kappa shape index (κ3) is 4.16. The number of nitrogens with one attached hydrogen (secondary N) is 2. The molecule has 8 heteroatoms. The van der Waals surface area contributed by atoms with Crippen molar-refractivity contribution in [1.82, 2.24) is 4.90 Å². The van der Waals surface area contributed by atoms with Crippen LogP contribution >= 0.6 is 12.4 Å². The molecule has 1 aromatic rings. The fourth-order valence-corrected chi connectivity index (χ4v) is 4.11. The van der Waals surface area contributed by atoms with Crippen LogP contribution in [0.5, 0.6) is 0 Å². The molecule has 0 unspecified atom stereocenters. The maximum absolute atomic E-state index is 12.3. The van der Waals surface area contributed by atoms with E-state index in [2.05, 4.69) is 10.6 Å². The van der Waals surface area contributed by atoms with Gasteiger partial charge in [0.15, 0.2) is 0 Å². The average Bonchev–Trinajstić information content (AvgIpc) is 3.06. The summed E-state index contributed by atoms with van der Waals surface area (Å²) in [7, 11) is 0. The lowest BCUT2D eigenvalue weighted by Gasteiger charge is -2.23. The van der Waals surface area contributed by atoms with Gasteiger partial charge in [-0.15, -0.1) is 12.4 Å². The number of carbonyl (C=O) groups is 3. The number of aliphatic carboxylic acids is 1. The van der Waals surface area contributed by atoms with Crippen molar-refractivity contribution in [3.63, 3.8) is 0 Å². The van der Waals surface area contributed by atoms with Gasteiger partial charge in [0, 0.05) is 31.4 Å². The molecule has 1 aliphatic carbocycles. The predicted molar refractivity (Wildman–Crippen MR) is 100 cm³/mol. The van der Waals surface area contributed by atoms with Crippen LogP contribution < -0.4 is 10.6 Å². The summed E-state index contributed by atoms with van der Waals surface area (Å²) in [5.74, 6) is -0.891. The third-order valence-electron chi connectivity index (χ3n) is 5.22. The topological polar surface area (TPSA) is 98.7 Å². The lowest BCUT2D eigenvalue weighted by atomic mass is 9.81. The number of anilines is 2. The molecule has 1 saturated heterocycles. The van der Waals surface area contributed by atoms with Gasteiger partial charge in [0.05, 0.1) is 12.0 Å². The maximum Gasteiger partial charge on any atom is 0.311 e. The van der Waals surface area contributed by atoms with E-state index >= 15 is 0 Å². The number of fused-ring (bicyclic) bond motifs is 1. The molecule has 2 aliphatic rings. The minimum absolute atomic E-state index is 0. The van der Waals surface area contributed by atoms with Crippen LogP contribution in [0.1, 0.15) is 26.2 Å². The van der Waals surface area contributed by atoms with E-state index in [1.54, 1.807) is 24.3 Å².